The maximum Gasteiger partial charge on any atom is 0.317 e. The third-order valence-corrected chi connectivity index (χ3v) is 2.46. The number of ether oxygens (including phenoxy) is 1. The summed E-state index contributed by atoms with van der Waals surface area (Å²) in [6, 6.07) is 0.517. The van der Waals surface area contributed by atoms with Gasteiger partial charge in [0.1, 0.15) is 0 Å². The van der Waals surface area contributed by atoms with Crippen molar-refractivity contribution in [3.05, 3.63) is 17.0 Å². The molecule has 1 N–H and O–H groups in total. The maximum absolute atomic E-state index is 5.52. The van der Waals surface area contributed by atoms with E-state index in [9.17, 15) is 0 Å². The Morgan fingerprint density at radius 1 is 1.33 bits per heavy atom. The van der Waals surface area contributed by atoms with Gasteiger partial charge in [-0.3, -0.25) is 0 Å². The summed E-state index contributed by atoms with van der Waals surface area (Å²) in [7, 11) is 0. The number of aryl methyl sites for hydroxylation is 1. The van der Waals surface area contributed by atoms with E-state index >= 15 is 0 Å². The normalized spacial score (nSPS) is 15.2. The standard InChI is InChI=1S/C11H17N3O/c1-7(2)15-11-13-8(3)9-6-12-5-4-10(9)14-11/h7,12H,4-6H2,1-3H3. The van der Waals surface area contributed by atoms with Crippen molar-refractivity contribution in [1.82, 2.24) is 15.3 Å². The molecule has 82 valence electrons. The number of nitrogens with one attached hydrogen (secondary N) is 1. The third kappa shape index (κ3) is 2.26. The number of fused-ring (bicyclic) bond motifs is 1. The fraction of sp³-hybridized carbons (Fsp3) is 0.636. The van der Waals surface area contributed by atoms with Gasteiger partial charge in [0.25, 0.3) is 0 Å². The molecule has 15 heavy (non-hydrogen) atoms. The molecular weight excluding hydrogens is 190 g/mol. The van der Waals surface area contributed by atoms with Gasteiger partial charge in [-0.25, -0.2) is 4.98 Å². The van der Waals surface area contributed by atoms with Crippen LogP contribution in [0.3, 0.4) is 0 Å². The van der Waals surface area contributed by atoms with E-state index in [2.05, 4.69) is 15.3 Å². The van der Waals surface area contributed by atoms with Crippen LogP contribution in [0.25, 0.3) is 0 Å². The number of nitrogens with zero attached hydrogens (tertiary/aromatic N) is 2. The molecule has 0 fully saturated rings. The molecule has 0 aliphatic carbocycles. The Bertz CT molecular complexity index is 363. The van der Waals surface area contributed by atoms with Crippen molar-refractivity contribution < 1.29 is 4.74 Å². The van der Waals surface area contributed by atoms with E-state index in [-0.39, 0.29) is 6.10 Å². The molecule has 4 nitrogen and oxygen atoms in total. The average molecular weight is 207 g/mol. The smallest absolute Gasteiger partial charge is 0.317 e. The van der Waals surface area contributed by atoms with E-state index in [1.807, 2.05) is 20.8 Å². The predicted molar refractivity (Wildman–Crippen MR) is 57.9 cm³/mol. The first-order valence-corrected chi connectivity index (χ1v) is 5.40. The van der Waals surface area contributed by atoms with Gasteiger partial charge >= 0.3 is 6.01 Å². The Labute approximate surface area is 90.1 Å². The fourth-order valence-corrected chi connectivity index (χ4v) is 1.75. The number of aromatic nitrogens is 2. The van der Waals surface area contributed by atoms with Crippen LogP contribution in [0.1, 0.15) is 30.8 Å². The van der Waals surface area contributed by atoms with Crippen LogP contribution in [0.15, 0.2) is 0 Å². The lowest BCUT2D eigenvalue weighted by Crippen LogP contribution is -2.26. The highest BCUT2D eigenvalue weighted by molar-refractivity contribution is 5.28. The van der Waals surface area contributed by atoms with E-state index in [0.717, 1.165) is 30.9 Å². The molecule has 2 heterocycles. The van der Waals surface area contributed by atoms with Gasteiger partial charge in [-0.1, -0.05) is 0 Å². The third-order valence-electron chi connectivity index (χ3n) is 2.46. The molecule has 0 amide bonds. The van der Waals surface area contributed by atoms with Crippen LogP contribution in [-0.4, -0.2) is 22.6 Å². The first-order valence-electron chi connectivity index (χ1n) is 5.40. The Hall–Kier alpha value is -1.16. The van der Waals surface area contributed by atoms with E-state index < -0.39 is 0 Å². The quantitative estimate of drug-likeness (QED) is 0.792. The van der Waals surface area contributed by atoms with Gasteiger partial charge in [-0.15, -0.1) is 0 Å². The second-order valence-corrected chi connectivity index (χ2v) is 4.11. The van der Waals surface area contributed by atoms with Crippen molar-refractivity contribution in [2.75, 3.05) is 6.54 Å². The molecule has 1 aliphatic heterocycles. The Morgan fingerprint density at radius 2 is 2.13 bits per heavy atom. The molecule has 0 aromatic carbocycles. The van der Waals surface area contributed by atoms with Crippen LogP contribution in [0.5, 0.6) is 6.01 Å². The predicted octanol–water partition coefficient (Wildman–Crippen LogP) is 1.22. The summed E-state index contributed by atoms with van der Waals surface area (Å²) in [5.74, 6) is 0. The van der Waals surface area contributed by atoms with E-state index in [0.29, 0.717) is 6.01 Å². The second kappa shape index (κ2) is 4.14. The highest BCUT2D eigenvalue weighted by Crippen LogP contribution is 2.18. The monoisotopic (exact) mass is 207 g/mol. The molecule has 1 aromatic heterocycles. The van der Waals surface area contributed by atoms with Gasteiger partial charge in [-0.05, 0) is 20.8 Å². The summed E-state index contributed by atoms with van der Waals surface area (Å²) < 4.78 is 5.52. The highest BCUT2D eigenvalue weighted by atomic mass is 16.5. The number of rotatable bonds is 2. The maximum atomic E-state index is 5.52. The second-order valence-electron chi connectivity index (χ2n) is 4.11. The van der Waals surface area contributed by atoms with Crippen LogP contribution in [0, 0.1) is 6.92 Å². The van der Waals surface area contributed by atoms with Crippen molar-refractivity contribution in [3.8, 4) is 6.01 Å². The lowest BCUT2D eigenvalue weighted by molar-refractivity contribution is 0.220. The molecule has 0 unspecified atom stereocenters. The first-order chi connectivity index (χ1) is 7.16. The Morgan fingerprint density at radius 3 is 2.87 bits per heavy atom. The van der Waals surface area contributed by atoms with Crippen molar-refractivity contribution in [2.45, 2.75) is 39.8 Å². The molecule has 0 saturated carbocycles. The van der Waals surface area contributed by atoms with Crippen LogP contribution in [0.2, 0.25) is 0 Å². The molecule has 4 heteroatoms. The molecule has 0 atom stereocenters. The topological polar surface area (TPSA) is 47.0 Å². The average Bonchev–Trinajstić information content (AvgIpc) is 2.16. The van der Waals surface area contributed by atoms with Crippen molar-refractivity contribution in [1.29, 1.82) is 0 Å². The Balaban J connectivity index is 2.32. The zero-order chi connectivity index (χ0) is 10.8. The minimum Gasteiger partial charge on any atom is -0.461 e. The van der Waals surface area contributed by atoms with Gasteiger partial charge in [-0.2, -0.15) is 4.98 Å². The van der Waals surface area contributed by atoms with Gasteiger partial charge in [0.15, 0.2) is 0 Å². The van der Waals surface area contributed by atoms with Crippen molar-refractivity contribution >= 4 is 0 Å². The number of hydrogen-bond donors (Lipinski definition) is 1. The minimum atomic E-state index is 0.129. The summed E-state index contributed by atoms with van der Waals surface area (Å²) in [6.45, 7) is 7.85. The largest absolute Gasteiger partial charge is 0.461 e. The van der Waals surface area contributed by atoms with Crippen LogP contribution in [0.4, 0.5) is 0 Å². The minimum absolute atomic E-state index is 0.129. The summed E-state index contributed by atoms with van der Waals surface area (Å²) in [4.78, 5) is 8.79. The van der Waals surface area contributed by atoms with Gasteiger partial charge in [0.05, 0.1) is 11.8 Å². The molecule has 0 spiro atoms. The lowest BCUT2D eigenvalue weighted by atomic mass is 10.1. The molecule has 0 saturated heterocycles. The summed E-state index contributed by atoms with van der Waals surface area (Å²) in [6.07, 6.45) is 1.09. The fourth-order valence-electron chi connectivity index (χ4n) is 1.75. The van der Waals surface area contributed by atoms with E-state index in [1.165, 1.54) is 5.56 Å². The zero-order valence-corrected chi connectivity index (χ0v) is 9.50. The van der Waals surface area contributed by atoms with Crippen LogP contribution in [-0.2, 0) is 13.0 Å². The van der Waals surface area contributed by atoms with Crippen LogP contribution >= 0.6 is 0 Å². The highest BCUT2D eigenvalue weighted by Gasteiger charge is 2.15. The summed E-state index contributed by atoms with van der Waals surface area (Å²) in [5.41, 5.74) is 3.40. The SMILES string of the molecule is Cc1nc(OC(C)C)nc2c1CNCC2. The lowest BCUT2D eigenvalue weighted by Gasteiger charge is -2.19. The molecule has 0 radical (unpaired) electrons. The van der Waals surface area contributed by atoms with Crippen LogP contribution < -0.4 is 10.1 Å². The van der Waals surface area contributed by atoms with Crippen molar-refractivity contribution in [3.63, 3.8) is 0 Å². The van der Waals surface area contributed by atoms with Gasteiger partial charge < -0.3 is 10.1 Å². The first kappa shape index (κ1) is 10.4. The number of hydrogen-bond acceptors (Lipinski definition) is 4. The van der Waals surface area contributed by atoms with E-state index in [4.69, 9.17) is 4.74 Å². The summed E-state index contributed by atoms with van der Waals surface area (Å²) >= 11 is 0. The van der Waals surface area contributed by atoms with E-state index in [1.54, 1.807) is 0 Å². The Kier molecular flexibility index (Phi) is 2.86. The molecule has 1 aromatic rings. The molecular formula is C11H17N3O. The molecule has 1 aliphatic rings. The summed E-state index contributed by atoms with van der Waals surface area (Å²) in [5, 5.41) is 3.32. The van der Waals surface area contributed by atoms with Gasteiger partial charge in [0, 0.05) is 30.8 Å². The molecule has 2 rings (SSSR count). The van der Waals surface area contributed by atoms with Crippen molar-refractivity contribution in [2.24, 2.45) is 0 Å². The zero-order valence-electron chi connectivity index (χ0n) is 9.50. The molecule has 0 bridgehead atoms. The van der Waals surface area contributed by atoms with Gasteiger partial charge in [0.2, 0.25) is 0 Å².